The Morgan fingerprint density at radius 3 is 2.79 bits per heavy atom. The smallest absolute Gasteiger partial charge is 0.244 e. The number of aromatic nitrogens is 2. The van der Waals surface area contributed by atoms with Gasteiger partial charge in [-0.1, -0.05) is 22.8 Å². The Balaban J connectivity index is 2.23. The van der Waals surface area contributed by atoms with Crippen molar-refractivity contribution in [3.63, 3.8) is 0 Å². The predicted octanol–water partition coefficient (Wildman–Crippen LogP) is 1.09. The Hall–Kier alpha value is -1.64. The van der Waals surface area contributed by atoms with Gasteiger partial charge in [0.25, 0.3) is 0 Å². The molecule has 0 aliphatic rings. The van der Waals surface area contributed by atoms with E-state index in [0.717, 1.165) is 0 Å². The minimum atomic E-state index is -3.84. The van der Waals surface area contributed by atoms with E-state index < -0.39 is 10.0 Å². The molecular weight excluding hydrogens is 292 g/mol. The van der Waals surface area contributed by atoms with Crippen LogP contribution < -0.4 is 10.5 Å². The molecule has 0 spiro atoms. The van der Waals surface area contributed by atoms with Crippen LogP contribution in [0.2, 0.25) is 5.02 Å². The van der Waals surface area contributed by atoms with Gasteiger partial charge in [0.05, 0.1) is 17.3 Å². The zero-order valence-corrected chi connectivity index (χ0v) is 11.5. The van der Waals surface area contributed by atoms with E-state index in [1.807, 2.05) is 0 Å². The summed E-state index contributed by atoms with van der Waals surface area (Å²) in [6.07, 6.45) is 0. The highest BCUT2D eigenvalue weighted by Gasteiger charge is 2.21. The topological polar surface area (TPSA) is 111 Å². The molecule has 0 saturated carbocycles. The molecule has 0 saturated heterocycles. The van der Waals surface area contributed by atoms with Crippen molar-refractivity contribution in [1.82, 2.24) is 14.9 Å². The summed E-state index contributed by atoms with van der Waals surface area (Å²) in [5.74, 6) is 0.582. The first kappa shape index (κ1) is 13.8. The second kappa shape index (κ2) is 5.16. The maximum absolute atomic E-state index is 12.1. The first-order valence-corrected chi connectivity index (χ1v) is 7.09. The van der Waals surface area contributed by atoms with Crippen molar-refractivity contribution in [3.8, 4) is 0 Å². The molecule has 102 valence electrons. The minimum absolute atomic E-state index is 0.0526. The van der Waals surface area contributed by atoms with Gasteiger partial charge in [0.1, 0.15) is 4.90 Å². The highest BCUT2D eigenvalue weighted by molar-refractivity contribution is 7.89. The Morgan fingerprint density at radius 2 is 2.21 bits per heavy atom. The highest BCUT2D eigenvalue weighted by Crippen LogP contribution is 2.26. The number of benzene rings is 1. The zero-order valence-electron chi connectivity index (χ0n) is 9.92. The van der Waals surface area contributed by atoms with Crippen molar-refractivity contribution in [3.05, 3.63) is 34.9 Å². The molecule has 3 N–H and O–H groups in total. The van der Waals surface area contributed by atoms with Crippen LogP contribution in [-0.4, -0.2) is 18.6 Å². The van der Waals surface area contributed by atoms with Gasteiger partial charge in [-0.05, 0) is 12.1 Å². The van der Waals surface area contributed by atoms with Gasteiger partial charge in [-0.2, -0.15) is 4.98 Å². The van der Waals surface area contributed by atoms with E-state index in [0.29, 0.717) is 5.89 Å². The standard InChI is InChI=1S/C10H11ClN4O3S/c1-6-14-9(15-18-6)5-13-19(16,17)10-7(11)3-2-4-8(10)12/h2-4,13H,5,12H2,1H3. The average Bonchev–Trinajstić information content (AvgIpc) is 2.72. The lowest BCUT2D eigenvalue weighted by Crippen LogP contribution is -2.25. The molecule has 2 aromatic rings. The van der Waals surface area contributed by atoms with Crippen molar-refractivity contribution in [2.45, 2.75) is 18.4 Å². The summed E-state index contributed by atoms with van der Waals surface area (Å²) in [5, 5.41) is 3.63. The number of anilines is 1. The molecule has 0 aliphatic carbocycles. The second-order valence-electron chi connectivity index (χ2n) is 3.71. The third-order valence-corrected chi connectivity index (χ3v) is 4.20. The Kier molecular flexibility index (Phi) is 3.74. The molecule has 1 aromatic heterocycles. The molecule has 0 amide bonds. The fourth-order valence-electron chi connectivity index (χ4n) is 1.45. The molecule has 0 aliphatic heterocycles. The van der Waals surface area contributed by atoms with Gasteiger partial charge >= 0.3 is 0 Å². The van der Waals surface area contributed by atoms with E-state index in [4.69, 9.17) is 21.9 Å². The lowest BCUT2D eigenvalue weighted by molar-refractivity contribution is 0.387. The van der Waals surface area contributed by atoms with E-state index in [1.54, 1.807) is 13.0 Å². The number of nitrogens with two attached hydrogens (primary N) is 1. The minimum Gasteiger partial charge on any atom is -0.398 e. The van der Waals surface area contributed by atoms with Crippen LogP contribution in [0.25, 0.3) is 0 Å². The molecule has 19 heavy (non-hydrogen) atoms. The maximum atomic E-state index is 12.1. The number of rotatable bonds is 4. The van der Waals surface area contributed by atoms with Crippen molar-refractivity contribution < 1.29 is 12.9 Å². The average molecular weight is 303 g/mol. The summed E-state index contributed by atoms with van der Waals surface area (Å²) in [7, 11) is -3.84. The van der Waals surface area contributed by atoms with Gasteiger partial charge in [-0.3, -0.25) is 0 Å². The summed E-state index contributed by atoms with van der Waals surface area (Å²) in [6.45, 7) is 1.50. The lowest BCUT2D eigenvalue weighted by Gasteiger charge is -2.09. The third kappa shape index (κ3) is 3.03. The van der Waals surface area contributed by atoms with Crippen molar-refractivity contribution in [2.24, 2.45) is 0 Å². The van der Waals surface area contributed by atoms with E-state index in [9.17, 15) is 8.42 Å². The number of hydrogen-bond donors (Lipinski definition) is 2. The van der Waals surface area contributed by atoms with Gasteiger partial charge in [-0.25, -0.2) is 13.1 Å². The summed E-state index contributed by atoms with van der Waals surface area (Å²) < 4.78 is 31.2. The summed E-state index contributed by atoms with van der Waals surface area (Å²) >= 11 is 5.85. The van der Waals surface area contributed by atoms with Crippen molar-refractivity contribution in [1.29, 1.82) is 0 Å². The number of sulfonamides is 1. The van der Waals surface area contributed by atoms with E-state index >= 15 is 0 Å². The number of halogens is 1. The van der Waals surface area contributed by atoms with Crippen LogP contribution in [0.5, 0.6) is 0 Å². The van der Waals surface area contributed by atoms with Crippen molar-refractivity contribution in [2.75, 3.05) is 5.73 Å². The highest BCUT2D eigenvalue weighted by atomic mass is 35.5. The van der Waals surface area contributed by atoms with Crippen LogP contribution in [0.1, 0.15) is 11.7 Å². The summed E-state index contributed by atoms with van der Waals surface area (Å²) in [6, 6.07) is 4.48. The molecule has 1 aromatic carbocycles. The van der Waals surface area contributed by atoms with Crippen LogP contribution in [0, 0.1) is 6.92 Å². The van der Waals surface area contributed by atoms with Crippen LogP contribution in [0.15, 0.2) is 27.6 Å². The normalized spacial score (nSPS) is 11.7. The van der Waals surface area contributed by atoms with Crippen LogP contribution in [0.4, 0.5) is 5.69 Å². The van der Waals surface area contributed by atoms with Crippen molar-refractivity contribution >= 4 is 27.3 Å². The second-order valence-corrected chi connectivity index (χ2v) is 5.82. The SMILES string of the molecule is Cc1nc(CNS(=O)(=O)c2c(N)cccc2Cl)no1. The Labute approximate surface area is 114 Å². The number of nitrogen functional groups attached to an aromatic ring is 1. The summed E-state index contributed by atoms with van der Waals surface area (Å²) in [4.78, 5) is 3.73. The fraction of sp³-hybridized carbons (Fsp3) is 0.200. The molecule has 0 radical (unpaired) electrons. The number of hydrogen-bond acceptors (Lipinski definition) is 6. The molecule has 7 nitrogen and oxygen atoms in total. The van der Waals surface area contributed by atoms with Crippen LogP contribution in [0.3, 0.4) is 0 Å². The number of nitrogens with zero attached hydrogens (tertiary/aromatic N) is 2. The molecule has 2 rings (SSSR count). The molecule has 1 heterocycles. The molecular formula is C10H11ClN4O3S. The number of aryl methyl sites for hydroxylation is 1. The van der Waals surface area contributed by atoms with E-state index in [2.05, 4.69) is 14.9 Å². The Bertz CT molecular complexity index is 678. The van der Waals surface area contributed by atoms with Gasteiger partial charge in [0.2, 0.25) is 15.9 Å². The van der Waals surface area contributed by atoms with Gasteiger partial charge in [0.15, 0.2) is 5.82 Å². The summed E-state index contributed by atoms with van der Waals surface area (Å²) in [5.41, 5.74) is 5.70. The van der Waals surface area contributed by atoms with Crippen LogP contribution in [-0.2, 0) is 16.6 Å². The maximum Gasteiger partial charge on any atom is 0.244 e. The van der Waals surface area contributed by atoms with Gasteiger partial charge in [-0.15, -0.1) is 0 Å². The molecule has 0 unspecified atom stereocenters. The third-order valence-electron chi connectivity index (χ3n) is 2.26. The lowest BCUT2D eigenvalue weighted by atomic mass is 10.3. The molecule has 9 heteroatoms. The first-order valence-electron chi connectivity index (χ1n) is 5.23. The largest absolute Gasteiger partial charge is 0.398 e. The molecule has 0 atom stereocenters. The first-order chi connectivity index (χ1) is 8.90. The van der Waals surface area contributed by atoms with E-state index in [-0.39, 0.29) is 28.0 Å². The predicted molar refractivity (Wildman–Crippen MR) is 68.9 cm³/mol. The van der Waals surface area contributed by atoms with Crippen LogP contribution >= 0.6 is 11.6 Å². The van der Waals surface area contributed by atoms with Gasteiger partial charge < -0.3 is 10.3 Å². The fourth-order valence-corrected chi connectivity index (χ4v) is 3.11. The van der Waals surface area contributed by atoms with E-state index in [1.165, 1.54) is 12.1 Å². The Morgan fingerprint density at radius 1 is 1.47 bits per heavy atom. The zero-order chi connectivity index (χ0) is 14.0. The molecule has 0 bridgehead atoms. The monoisotopic (exact) mass is 302 g/mol. The van der Waals surface area contributed by atoms with Gasteiger partial charge in [0, 0.05) is 6.92 Å². The quantitative estimate of drug-likeness (QED) is 0.818. The molecule has 0 fully saturated rings. The number of nitrogens with one attached hydrogen (secondary N) is 1.